The molecule has 0 fully saturated rings. The van der Waals surface area contributed by atoms with Crippen LogP contribution in [0.3, 0.4) is 0 Å². The van der Waals surface area contributed by atoms with Crippen molar-refractivity contribution in [1.29, 1.82) is 0 Å². The highest BCUT2D eigenvalue weighted by Gasteiger charge is 1.99. The second-order valence-corrected chi connectivity index (χ2v) is 4.02. The summed E-state index contributed by atoms with van der Waals surface area (Å²) in [6.07, 6.45) is 3.00. The van der Waals surface area contributed by atoms with Crippen molar-refractivity contribution in [2.75, 3.05) is 18.5 Å². The van der Waals surface area contributed by atoms with Crippen molar-refractivity contribution in [3.8, 4) is 0 Å². The smallest absolute Gasteiger partial charge is 0.330 e. The van der Waals surface area contributed by atoms with Gasteiger partial charge in [0.05, 0.1) is 11.1 Å². The van der Waals surface area contributed by atoms with Crippen LogP contribution in [-0.2, 0) is 9.53 Å². The van der Waals surface area contributed by atoms with Crippen LogP contribution < -0.4 is 5.32 Å². The van der Waals surface area contributed by atoms with Crippen molar-refractivity contribution < 1.29 is 13.9 Å². The summed E-state index contributed by atoms with van der Waals surface area (Å²) in [4.78, 5) is 11.0. The van der Waals surface area contributed by atoms with Crippen LogP contribution in [0, 0.1) is 5.82 Å². The molecule has 0 heterocycles. The zero-order valence-corrected chi connectivity index (χ0v) is 11.0. The molecule has 1 aromatic carbocycles. The van der Waals surface area contributed by atoms with E-state index in [0.29, 0.717) is 17.6 Å². The van der Waals surface area contributed by atoms with Gasteiger partial charge in [0, 0.05) is 18.3 Å². The van der Waals surface area contributed by atoms with Crippen molar-refractivity contribution in [3.63, 3.8) is 0 Å². The molecule has 0 saturated carbocycles. The molecule has 0 aliphatic rings. The van der Waals surface area contributed by atoms with Gasteiger partial charge in [-0.15, -0.1) is 0 Å². The minimum absolute atomic E-state index is 0.308. The lowest BCUT2D eigenvalue weighted by atomic mass is 10.3. The Labute approximate surface area is 108 Å². The second kappa shape index (κ2) is 7.06. The molecule has 0 aliphatic carbocycles. The van der Waals surface area contributed by atoms with E-state index in [-0.39, 0.29) is 11.8 Å². The van der Waals surface area contributed by atoms with Crippen LogP contribution in [0.15, 0.2) is 34.8 Å². The largest absolute Gasteiger partial charge is 0.463 e. The van der Waals surface area contributed by atoms with Crippen LogP contribution >= 0.6 is 15.9 Å². The first-order chi connectivity index (χ1) is 8.13. The Bertz CT molecular complexity index is 421. The first kappa shape index (κ1) is 13.7. The van der Waals surface area contributed by atoms with Gasteiger partial charge in [-0.25, -0.2) is 9.18 Å². The maximum Gasteiger partial charge on any atom is 0.330 e. The van der Waals surface area contributed by atoms with Gasteiger partial charge in [0.25, 0.3) is 0 Å². The zero-order valence-electron chi connectivity index (χ0n) is 9.37. The molecule has 17 heavy (non-hydrogen) atoms. The number of rotatable bonds is 5. The molecule has 0 spiro atoms. The standard InChI is InChI=1S/C12H13BrFNO2/c1-2-17-12(16)4-3-7-15-9-5-6-11(14)10(13)8-9/h3-6,8,15H,2,7H2,1H3/b4-3+. The molecule has 0 unspecified atom stereocenters. The normalized spacial score (nSPS) is 10.5. The van der Waals surface area contributed by atoms with E-state index in [9.17, 15) is 9.18 Å². The second-order valence-electron chi connectivity index (χ2n) is 3.16. The average Bonchev–Trinajstić information content (AvgIpc) is 2.29. The molecule has 1 rings (SSSR count). The SMILES string of the molecule is CCOC(=O)/C=C/CNc1ccc(F)c(Br)c1. The van der Waals surface area contributed by atoms with Gasteiger partial charge >= 0.3 is 5.97 Å². The Morgan fingerprint density at radius 1 is 1.59 bits per heavy atom. The van der Waals surface area contributed by atoms with Gasteiger partial charge in [-0.3, -0.25) is 0 Å². The Hall–Kier alpha value is -1.36. The van der Waals surface area contributed by atoms with Gasteiger partial charge in [-0.05, 0) is 41.1 Å². The molecular weight excluding hydrogens is 289 g/mol. The van der Waals surface area contributed by atoms with Crippen molar-refractivity contribution in [2.24, 2.45) is 0 Å². The monoisotopic (exact) mass is 301 g/mol. The molecular formula is C12H13BrFNO2. The van der Waals surface area contributed by atoms with Crippen LogP contribution in [-0.4, -0.2) is 19.1 Å². The first-order valence-electron chi connectivity index (χ1n) is 5.15. The van der Waals surface area contributed by atoms with Crippen LogP contribution in [0.25, 0.3) is 0 Å². The van der Waals surface area contributed by atoms with Crippen LogP contribution in [0.4, 0.5) is 10.1 Å². The van der Waals surface area contributed by atoms with E-state index >= 15 is 0 Å². The number of benzene rings is 1. The highest BCUT2D eigenvalue weighted by atomic mass is 79.9. The molecule has 5 heteroatoms. The predicted octanol–water partition coefficient (Wildman–Crippen LogP) is 3.12. The molecule has 0 saturated heterocycles. The summed E-state index contributed by atoms with van der Waals surface area (Å²) in [6, 6.07) is 4.62. The number of carbonyl (C=O) groups is 1. The molecule has 3 nitrogen and oxygen atoms in total. The molecule has 0 radical (unpaired) electrons. The molecule has 0 aromatic heterocycles. The summed E-state index contributed by atoms with van der Waals surface area (Å²) >= 11 is 3.09. The van der Waals surface area contributed by atoms with E-state index in [1.165, 1.54) is 12.1 Å². The number of hydrogen-bond donors (Lipinski definition) is 1. The number of halogens is 2. The fourth-order valence-corrected chi connectivity index (χ4v) is 1.51. The van der Waals surface area contributed by atoms with E-state index < -0.39 is 0 Å². The summed E-state index contributed by atoms with van der Waals surface area (Å²) < 4.78 is 18.0. The Morgan fingerprint density at radius 3 is 3.00 bits per heavy atom. The van der Waals surface area contributed by atoms with Gasteiger partial charge in [-0.2, -0.15) is 0 Å². The molecule has 0 atom stereocenters. The number of carbonyl (C=O) groups excluding carboxylic acids is 1. The van der Waals surface area contributed by atoms with Crippen molar-refractivity contribution in [3.05, 3.63) is 40.6 Å². The van der Waals surface area contributed by atoms with Crippen molar-refractivity contribution >= 4 is 27.6 Å². The van der Waals surface area contributed by atoms with Crippen LogP contribution in [0.5, 0.6) is 0 Å². The third-order valence-electron chi connectivity index (χ3n) is 1.88. The lowest BCUT2D eigenvalue weighted by molar-refractivity contribution is -0.137. The highest BCUT2D eigenvalue weighted by molar-refractivity contribution is 9.10. The fraction of sp³-hybridized carbons (Fsp3) is 0.250. The number of esters is 1. The first-order valence-corrected chi connectivity index (χ1v) is 5.95. The van der Waals surface area contributed by atoms with Gasteiger partial charge in [-0.1, -0.05) is 6.08 Å². The van der Waals surface area contributed by atoms with E-state index in [4.69, 9.17) is 4.74 Å². The van der Waals surface area contributed by atoms with Gasteiger partial charge in [0.15, 0.2) is 0 Å². The molecule has 0 amide bonds. The van der Waals surface area contributed by atoms with Crippen LogP contribution in [0.2, 0.25) is 0 Å². The van der Waals surface area contributed by atoms with Crippen molar-refractivity contribution in [2.45, 2.75) is 6.92 Å². The van der Waals surface area contributed by atoms with E-state index in [1.807, 2.05) is 0 Å². The Kier molecular flexibility index (Phi) is 5.69. The molecule has 1 N–H and O–H groups in total. The topological polar surface area (TPSA) is 38.3 Å². The minimum Gasteiger partial charge on any atom is -0.463 e. The lowest BCUT2D eigenvalue weighted by Gasteiger charge is -2.04. The molecule has 0 aliphatic heterocycles. The Balaban J connectivity index is 2.40. The fourth-order valence-electron chi connectivity index (χ4n) is 1.13. The maximum atomic E-state index is 12.9. The highest BCUT2D eigenvalue weighted by Crippen LogP contribution is 2.19. The molecule has 1 aromatic rings. The average molecular weight is 302 g/mol. The summed E-state index contributed by atoms with van der Waals surface area (Å²) in [5, 5.41) is 3.02. The van der Waals surface area contributed by atoms with Gasteiger partial charge in [0.1, 0.15) is 5.82 Å². The summed E-state index contributed by atoms with van der Waals surface area (Å²) in [6.45, 7) is 2.58. The van der Waals surface area contributed by atoms with E-state index in [0.717, 1.165) is 5.69 Å². The summed E-state index contributed by atoms with van der Waals surface area (Å²) in [5.41, 5.74) is 0.770. The van der Waals surface area contributed by atoms with Gasteiger partial charge < -0.3 is 10.1 Å². The third-order valence-corrected chi connectivity index (χ3v) is 2.49. The van der Waals surface area contributed by atoms with Crippen molar-refractivity contribution in [1.82, 2.24) is 0 Å². The Morgan fingerprint density at radius 2 is 2.35 bits per heavy atom. The molecule has 92 valence electrons. The number of nitrogens with one attached hydrogen (secondary N) is 1. The summed E-state index contributed by atoms with van der Waals surface area (Å²) in [7, 11) is 0. The zero-order chi connectivity index (χ0) is 12.7. The number of ether oxygens (including phenoxy) is 1. The quantitative estimate of drug-likeness (QED) is 0.671. The molecule has 0 bridgehead atoms. The lowest BCUT2D eigenvalue weighted by Crippen LogP contribution is -2.02. The van der Waals surface area contributed by atoms with E-state index in [1.54, 1.807) is 25.1 Å². The van der Waals surface area contributed by atoms with Crippen LogP contribution in [0.1, 0.15) is 6.92 Å². The predicted molar refractivity (Wildman–Crippen MR) is 68.4 cm³/mol. The van der Waals surface area contributed by atoms with E-state index in [2.05, 4.69) is 21.2 Å². The minimum atomic E-state index is -0.366. The summed E-state index contributed by atoms with van der Waals surface area (Å²) in [5.74, 6) is -0.674. The van der Waals surface area contributed by atoms with Gasteiger partial charge in [0.2, 0.25) is 0 Å². The maximum absolute atomic E-state index is 12.9. The number of hydrogen-bond acceptors (Lipinski definition) is 3. The third kappa shape index (κ3) is 4.99. The number of anilines is 1.